The summed E-state index contributed by atoms with van der Waals surface area (Å²) in [6, 6.07) is 5.91. The maximum atomic E-state index is 11.9. The first kappa shape index (κ1) is 13.1. The van der Waals surface area contributed by atoms with Crippen LogP contribution in [0.4, 0.5) is 0 Å². The summed E-state index contributed by atoms with van der Waals surface area (Å²) >= 11 is 5.70. The molecule has 0 radical (unpaired) electrons. The number of sulfone groups is 1. The molecule has 96 valence electrons. The van der Waals surface area contributed by atoms with Gasteiger partial charge in [0.05, 0.1) is 10.3 Å². The molecule has 0 spiro atoms. The Hall–Kier alpha value is -1.33. The second kappa shape index (κ2) is 5.12. The molecule has 0 aromatic heterocycles. The molecule has 0 unspecified atom stereocenters. The van der Waals surface area contributed by atoms with Crippen molar-refractivity contribution in [2.45, 2.75) is 17.7 Å². The SMILES string of the molecule is O=C1CCCN1/C=C/S(=O)(=O)c1ccc(Cl)cc1. The third-order valence-electron chi connectivity index (χ3n) is 2.67. The van der Waals surface area contributed by atoms with Gasteiger partial charge in [0, 0.05) is 24.2 Å². The van der Waals surface area contributed by atoms with E-state index in [-0.39, 0.29) is 10.8 Å². The minimum absolute atomic E-state index is 0.0439. The highest BCUT2D eigenvalue weighted by Crippen LogP contribution is 2.17. The number of hydrogen-bond donors (Lipinski definition) is 0. The maximum Gasteiger partial charge on any atom is 0.226 e. The van der Waals surface area contributed by atoms with E-state index < -0.39 is 9.84 Å². The second-order valence-electron chi connectivity index (χ2n) is 3.97. The molecule has 1 aliphatic heterocycles. The smallest absolute Gasteiger partial charge is 0.226 e. The predicted octanol–water partition coefficient (Wildman–Crippen LogP) is 2.21. The third kappa shape index (κ3) is 2.91. The van der Waals surface area contributed by atoms with Gasteiger partial charge in [-0.15, -0.1) is 0 Å². The Bertz CT molecular complexity index is 578. The van der Waals surface area contributed by atoms with Gasteiger partial charge in [-0.2, -0.15) is 0 Å². The van der Waals surface area contributed by atoms with Crippen LogP contribution in [0.1, 0.15) is 12.8 Å². The van der Waals surface area contributed by atoms with Crippen LogP contribution >= 0.6 is 11.6 Å². The Kier molecular flexibility index (Phi) is 3.73. The summed E-state index contributed by atoms with van der Waals surface area (Å²) in [4.78, 5) is 12.9. The van der Waals surface area contributed by atoms with Crippen molar-refractivity contribution < 1.29 is 13.2 Å². The monoisotopic (exact) mass is 285 g/mol. The molecule has 6 heteroatoms. The molecule has 1 aliphatic rings. The van der Waals surface area contributed by atoms with Crippen LogP contribution in [0.3, 0.4) is 0 Å². The first-order valence-corrected chi connectivity index (χ1v) is 7.40. The third-order valence-corrected chi connectivity index (χ3v) is 4.33. The van der Waals surface area contributed by atoms with Gasteiger partial charge >= 0.3 is 0 Å². The standard InChI is InChI=1S/C12H12ClNO3S/c13-10-3-5-11(6-4-10)18(16,17)9-8-14-7-1-2-12(14)15/h3-6,8-9H,1-2,7H2/b9-8+. The fourth-order valence-corrected chi connectivity index (χ4v) is 2.79. The summed E-state index contributed by atoms with van der Waals surface area (Å²) in [7, 11) is -3.52. The highest BCUT2D eigenvalue weighted by Gasteiger charge is 2.19. The van der Waals surface area contributed by atoms with E-state index in [0.717, 1.165) is 11.8 Å². The molecule has 1 heterocycles. The summed E-state index contributed by atoms with van der Waals surface area (Å²) < 4.78 is 23.9. The molecule has 0 aliphatic carbocycles. The van der Waals surface area contributed by atoms with Crippen molar-refractivity contribution in [1.29, 1.82) is 0 Å². The van der Waals surface area contributed by atoms with Gasteiger partial charge < -0.3 is 4.90 Å². The summed E-state index contributed by atoms with van der Waals surface area (Å²) in [5.41, 5.74) is 0. The highest BCUT2D eigenvalue weighted by atomic mass is 35.5. The first-order chi connectivity index (χ1) is 8.49. The van der Waals surface area contributed by atoms with Gasteiger partial charge in [-0.3, -0.25) is 4.79 Å². The second-order valence-corrected chi connectivity index (χ2v) is 6.24. The Morgan fingerprint density at radius 3 is 2.44 bits per heavy atom. The Morgan fingerprint density at radius 2 is 1.89 bits per heavy atom. The van der Waals surface area contributed by atoms with Crippen molar-refractivity contribution in [3.8, 4) is 0 Å². The zero-order valence-corrected chi connectivity index (χ0v) is 11.1. The van der Waals surface area contributed by atoms with E-state index in [1.807, 2.05) is 0 Å². The fourth-order valence-electron chi connectivity index (χ4n) is 1.68. The molecule has 1 saturated heterocycles. The van der Waals surface area contributed by atoms with Crippen molar-refractivity contribution in [3.05, 3.63) is 40.9 Å². The Balaban J connectivity index is 2.19. The minimum Gasteiger partial charge on any atom is -0.318 e. The topological polar surface area (TPSA) is 54.5 Å². The highest BCUT2D eigenvalue weighted by molar-refractivity contribution is 7.94. The summed E-state index contributed by atoms with van der Waals surface area (Å²) in [6.45, 7) is 0.575. The van der Waals surface area contributed by atoms with Crippen LogP contribution < -0.4 is 0 Å². The molecule has 18 heavy (non-hydrogen) atoms. The molecule has 0 saturated carbocycles. The van der Waals surface area contributed by atoms with Crippen LogP contribution in [-0.2, 0) is 14.6 Å². The van der Waals surface area contributed by atoms with Gasteiger partial charge in [0.25, 0.3) is 0 Å². The average molecular weight is 286 g/mol. The molecule has 1 amide bonds. The van der Waals surface area contributed by atoms with E-state index in [1.165, 1.54) is 35.4 Å². The molecule has 1 fully saturated rings. The quantitative estimate of drug-likeness (QED) is 0.855. The number of carbonyl (C=O) groups excluding carboxylic acids is 1. The van der Waals surface area contributed by atoms with Crippen LogP contribution in [0.5, 0.6) is 0 Å². The number of benzene rings is 1. The number of halogens is 1. The molecule has 0 N–H and O–H groups in total. The molecule has 0 bridgehead atoms. The van der Waals surface area contributed by atoms with Crippen molar-refractivity contribution in [2.24, 2.45) is 0 Å². The predicted molar refractivity (Wildman–Crippen MR) is 68.7 cm³/mol. The zero-order valence-electron chi connectivity index (χ0n) is 9.54. The van der Waals surface area contributed by atoms with Crippen molar-refractivity contribution in [2.75, 3.05) is 6.54 Å². The number of hydrogen-bond acceptors (Lipinski definition) is 3. The maximum absolute atomic E-state index is 11.9. The van der Waals surface area contributed by atoms with Crippen LogP contribution in [0.15, 0.2) is 40.8 Å². The molecule has 1 aromatic rings. The lowest BCUT2D eigenvalue weighted by Gasteiger charge is -2.08. The zero-order chi connectivity index (χ0) is 13.2. The van der Waals surface area contributed by atoms with Crippen LogP contribution in [0, 0.1) is 0 Å². The van der Waals surface area contributed by atoms with Gasteiger partial charge in [0.15, 0.2) is 0 Å². The average Bonchev–Trinajstić information content (AvgIpc) is 2.73. The lowest BCUT2D eigenvalue weighted by molar-refractivity contribution is -0.125. The molecular formula is C12H12ClNO3S. The van der Waals surface area contributed by atoms with Gasteiger partial charge in [0.2, 0.25) is 15.7 Å². The van der Waals surface area contributed by atoms with E-state index in [2.05, 4.69) is 0 Å². The van der Waals surface area contributed by atoms with E-state index in [9.17, 15) is 13.2 Å². The largest absolute Gasteiger partial charge is 0.318 e. The van der Waals surface area contributed by atoms with Gasteiger partial charge in [0.1, 0.15) is 0 Å². The number of amides is 1. The van der Waals surface area contributed by atoms with Crippen molar-refractivity contribution >= 4 is 27.3 Å². The summed E-state index contributed by atoms with van der Waals surface area (Å²) in [6.07, 6.45) is 2.58. The Labute approximate surface area is 111 Å². The van der Waals surface area contributed by atoms with Crippen LogP contribution in [0.2, 0.25) is 5.02 Å². The number of nitrogens with zero attached hydrogens (tertiary/aromatic N) is 1. The van der Waals surface area contributed by atoms with Crippen LogP contribution in [-0.4, -0.2) is 25.8 Å². The summed E-state index contributed by atoms with van der Waals surface area (Å²) in [5, 5.41) is 1.53. The number of likely N-dealkylation sites (tertiary alicyclic amines) is 1. The fraction of sp³-hybridized carbons (Fsp3) is 0.250. The Morgan fingerprint density at radius 1 is 1.22 bits per heavy atom. The van der Waals surface area contributed by atoms with E-state index in [4.69, 9.17) is 11.6 Å². The molecule has 1 aromatic carbocycles. The van der Waals surface area contributed by atoms with Crippen LogP contribution in [0.25, 0.3) is 0 Å². The minimum atomic E-state index is -3.52. The number of carbonyl (C=O) groups is 1. The molecule has 2 rings (SSSR count). The molecule has 4 nitrogen and oxygen atoms in total. The van der Waals surface area contributed by atoms with Crippen molar-refractivity contribution in [3.63, 3.8) is 0 Å². The van der Waals surface area contributed by atoms with Gasteiger partial charge in [-0.25, -0.2) is 8.42 Å². The first-order valence-electron chi connectivity index (χ1n) is 5.47. The lowest BCUT2D eigenvalue weighted by atomic mass is 10.4. The lowest BCUT2D eigenvalue weighted by Crippen LogP contribution is -2.17. The molecular weight excluding hydrogens is 274 g/mol. The van der Waals surface area contributed by atoms with E-state index in [1.54, 1.807) is 0 Å². The van der Waals surface area contributed by atoms with Gasteiger partial charge in [-0.05, 0) is 30.7 Å². The van der Waals surface area contributed by atoms with E-state index >= 15 is 0 Å². The number of rotatable bonds is 3. The molecule has 0 atom stereocenters. The van der Waals surface area contributed by atoms with E-state index in [0.29, 0.717) is 18.0 Å². The summed E-state index contributed by atoms with van der Waals surface area (Å²) in [5.74, 6) is -0.0439. The van der Waals surface area contributed by atoms with Crippen molar-refractivity contribution in [1.82, 2.24) is 4.90 Å². The van der Waals surface area contributed by atoms with Gasteiger partial charge in [-0.1, -0.05) is 11.6 Å². The normalized spacial score (nSPS) is 16.7.